The van der Waals surface area contributed by atoms with Crippen LogP contribution in [0.4, 0.5) is 5.69 Å². The normalized spacial score (nSPS) is 11.1. The number of benzene rings is 2. The molecule has 0 heterocycles. The second-order valence-electron chi connectivity index (χ2n) is 6.19. The summed E-state index contributed by atoms with van der Waals surface area (Å²) in [5.41, 5.74) is 1.54. The molecule has 2 aromatic carbocycles. The van der Waals surface area contributed by atoms with E-state index in [0.29, 0.717) is 11.4 Å². The Balaban J connectivity index is 2.01. The van der Waals surface area contributed by atoms with Crippen LogP contribution in [0.2, 0.25) is 0 Å². The lowest BCUT2D eigenvalue weighted by Crippen LogP contribution is -2.31. The molecule has 8 heteroatoms. The quantitative estimate of drug-likeness (QED) is 0.520. The number of halogens is 1. The molecule has 0 aliphatic carbocycles. The number of aryl methyl sites for hydroxylation is 1. The van der Waals surface area contributed by atoms with Gasteiger partial charge in [-0.25, -0.2) is 8.42 Å². The van der Waals surface area contributed by atoms with Crippen LogP contribution in [0.5, 0.6) is 5.75 Å². The molecule has 0 atom stereocenters. The maximum atomic E-state index is 12.7. The standard InChI is InChI=1S/C21H23BrN2O4S/c1-4-12-24(13-5-2)29(26,27)18-9-7-17(8-10-18)23-21(25)15-28-20-11-6-16(3)14-19(20)22/h4-11,14H,1-2,12-13,15H2,3H3,(H,23,25). The molecule has 1 amide bonds. The third-order valence-corrected chi connectivity index (χ3v) is 6.35. The van der Waals surface area contributed by atoms with Crippen molar-refractivity contribution in [2.75, 3.05) is 25.0 Å². The van der Waals surface area contributed by atoms with Crippen molar-refractivity contribution in [2.45, 2.75) is 11.8 Å². The van der Waals surface area contributed by atoms with E-state index in [9.17, 15) is 13.2 Å². The van der Waals surface area contributed by atoms with Crippen molar-refractivity contribution in [3.05, 3.63) is 77.8 Å². The van der Waals surface area contributed by atoms with Gasteiger partial charge in [-0.05, 0) is 64.8 Å². The van der Waals surface area contributed by atoms with Crippen molar-refractivity contribution in [1.82, 2.24) is 4.31 Å². The van der Waals surface area contributed by atoms with E-state index in [2.05, 4.69) is 34.4 Å². The molecule has 0 saturated heterocycles. The van der Waals surface area contributed by atoms with Gasteiger partial charge in [-0.1, -0.05) is 18.2 Å². The van der Waals surface area contributed by atoms with Crippen LogP contribution in [-0.4, -0.2) is 38.3 Å². The van der Waals surface area contributed by atoms with E-state index in [0.717, 1.165) is 10.0 Å². The van der Waals surface area contributed by atoms with Crippen LogP contribution in [0.25, 0.3) is 0 Å². The zero-order valence-corrected chi connectivity index (χ0v) is 18.5. The second-order valence-corrected chi connectivity index (χ2v) is 8.99. The van der Waals surface area contributed by atoms with Crippen molar-refractivity contribution in [3.63, 3.8) is 0 Å². The Labute approximate surface area is 180 Å². The average Bonchev–Trinajstić information content (AvgIpc) is 2.67. The number of rotatable bonds is 10. The fourth-order valence-corrected chi connectivity index (χ4v) is 4.47. The molecule has 2 rings (SSSR count). The summed E-state index contributed by atoms with van der Waals surface area (Å²) in [6.07, 6.45) is 3.03. The number of hydrogen-bond acceptors (Lipinski definition) is 4. The van der Waals surface area contributed by atoms with E-state index < -0.39 is 10.0 Å². The van der Waals surface area contributed by atoms with E-state index in [1.807, 2.05) is 19.1 Å². The van der Waals surface area contributed by atoms with Crippen molar-refractivity contribution in [1.29, 1.82) is 0 Å². The molecule has 0 saturated carbocycles. The zero-order valence-electron chi connectivity index (χ0n) is 16.1. The summed E-state index contributed by atoms with van der Waals surface area (Å²) in [6, 6.07) is 11.5. The molecule has 0 aromatic heterocycles. The minimum Gasteiger partial charge on any atom is -0.483 e. The second kappa shape index (κ2) is 10.4. The average molecular weight is 479 g/mol. The number of anilines is 1. The first-order valence-corrected chi connectivity index (χ1v) is 11.0. The Morgan fingerprint density at radius 2 is 1.76 bits per heavy atom. The number of hydrogen-bond donors (Lipinski definition) is 1. The molecule has 0 fully saturated rings. The fraction of sp³-hybridized carbons (Fsp3) is 0.190. The van der Waals surface area contributed by atoms with Gasteiger partial charge in [-0.3, -0.25) is 4.79 Å². The summed E-state index contributed by atoms with van der Waals surface area (Å²) in [4.78, 5) is 12.2. The lowest BCUT2D eigenvalue weighted by Gasteiger charge is -2.19. The molecule has 6 nitrogen and oxygen atoms in total. The van der Waals surface area contributed by atoms with Gasteiger partial charge < -0.3 is 10.1 Å². The highest BCUT2D eigenvalue weighted by atomic mass is 79.9. The van der Waals surface area contributed by atoms with Gasteiger partial charge >= 0.3 is 0 Å². The summed E-state index contributed by atoms with van der Waals surface area (Å²) in [6.45, 7) is 9.31. The van der Waals surface area contributed by atoms with Gasteiger partial charge in [-0.2, -0.15) is 4.31 Å². The minimum atomic E-state index is -3.68. The van der Waals surface area contributed by atoms with Crippen LogP contribution in [0, 0.1) is 6.92 Å². The first kappa shape index (κ1) is 22.9. The summed E-state index contributed by atoms with van der Waals surface area (Å²) < 4.78 is 32.9. The molecular weight excluding hydrogens is 456 g/mol. The first-order chi connectivity index (χ1) is 13.8. The number of ether oxygens (including phenoxy) is 1. The van der Waals surface area contributed by atoms with E-state index in [-0.39, 0.29) is 30.5 Å². The number of carbonyl (C=O) groups excluding carboxylic acids is 1. The summed E-state index contributed by atoms with van der Waals surface area (Å²) >= 11 is 3.39. The van der Waals surface area contributed by atoms with E-state index in [1.165, 1.54) is 40.7 Å². The van der Waals surface area contributed by atoms with Crippen LogP contribution in [0.1, 0.15) is 5.56 Å². The van der Waals surface area contributed by atoms with Crippen LogP contribution in [0.3, 0.4) is 0 Å². The van der Waals surface area contributed by atoms with Crippen LogP contribution >= 0.6 is 15.9 Å². The van der Waals surface area contributed by atoms with Gasteiger partial charge in [0.05, 0.1) is 9.37 Å². The van der Waals surface area contributed by atoms with Gasteiger partial charge in [0, 0.05) is 18.8 Å². The predicted molar refractivity (Wildman–Crippen MR) is 119 cm³/mol. The van der Waals surface area contributed by atoms with Gasteiger partial charge in [-0.15, -0.1) is 13.2 Å². The highest BCUT2D eigenvalue weighted by molar-refractivity contribution is 9.10. The van der Waals surface area contributed by atoms with Gasteiger partial charge in [0.1, 0.15) is 5.75 Å². The number of nitrogens with one attached hydrogen (secondary N) is 1. The summed E-state index contributed by atoms with van der Waals surface area (Å²) in [5.74, 6) is 0.213. The summed E-state index contributed by atoms with van der Waals surface area (Å²) in [7, 11) is -3.68. The Morgan fingerprint density at radius 3 is 2.31 bits per heavy atom. The lowest BCUT2D eigenvalue weighted by molar-refractivity contribution is -0.118. The molecule has 154 valence electrons. The molecule has 0 aliphatic heterocycles. The number of carbonyl (C=O) groups is 1. The van der Waals surface area contributed by atoms with E-state index in [1.54, 1.807) is 6.07 Å². The zero-order chi connectivity index (χ0) is 21.4. The molecule has 0 bridgehead atoms. The highest BCUT2D eigenvalue weighted by Crippen LogP contribution is 2.25. The number of amides is 1. The predicted octanol–water partition coefficient (Wildman–Crippen LogP) is 4.14. The Kier molecular flexibility index (Phi) is 8.19. The van der Waals surface area contributed by atoms with Crippen molar-refractivity contribution in [3.8, 4) is 5.75 Å². The maximum Gasteiger partial charge on any atom is 0.262 e. The van der Waals surface area contributed by atoms with Crippen molar-refractivity contribution < 1.29 is 17.9 Å². The largest absolute Gasteiger partial charge is 0.483 e. The maximum absolute atomic E-state index is 12.7. The summed E-state index contributed by atoms with van der Waals surface area (Å²) in [5, 5.41) is 2.68. The van der Waals surface area contributed by atoms with Gasteiger partial charge in [0.15, 0.2) is 6.61 Å². The SMILES string of the molecule is C=CCN(CC=C)S(=O)(=O)c1ccc(NC(=O)COc2ccc(C)cc2Br)cc1. The highest BCUT2D eigenvalue weighted by Gasteiger charge is 2.22. The fourth-order valence-electron chi connectivity index (χ4n) is 2.48. The van der Waals surface area contributed by atoms with E-state index >= 15 is 0 Å². The molecule has 1 N–H and O–H groups in total. The Hall–Kier alpha value is -2.42. The van der Waals surface area contributed by atoms with Gasteiger partial charge in [0.25, 0.3) is 5.91 Å². The number of sulfonamides is 1. The molecule has 0 aliphatic rings. The Bertz CT molecular complexity index is 978. The third kappa shape index (κ3) is 6.28. The van der Waals surface area contributed by atoms with Crippen LogP contribution in [0.15, 0.2) is 77.1 Å². The number of nitrogens with zero attached hydrogens (tertiary/aromatic N) is 1. The van der Waals surface area contributed by atoms with Crippen LogP contribution < -0.4 is 10.1 Å². The Morgan fingerprint density at radius 1 is 1.14 bits per heavy atom. The molecule has 2 aromatic rings. The van der Waals surface area contributed by atoms with Gasteiger partial charge in [0.2, 0.25) is 10.0 Å². The van der Waals surface area contributed by atoms with Crippen LogP contribution in [-0.2, 0) is 14.8 Å². The monoisotopic (exact) mass is 478 g/mol. The molecule has 0 unspecified atom stereocenters. The first-order valence-electron chi connectivity index (χ1n) is 8.78. The lowest BCUT2D eigenvalue weighted by atomic mass is 10.2. The molecular formula is C21H23BrN2O4S. The third-order valence-electron chi connectivity index (χ3n) is 3.89. The minimum absolute atomic E-state index is 0.124. The topological polar surface area (TPSA) is 75.7 Å². The smallest absolute Gasteiger partial charge is 0.262 e. The van der Waals surface area contributed by atoms with Crippen molar-refractivity contribution >= 4 is 37.5 Å². The molecule has 29 heavy (non-hydrogen) atoms. The van der Waals surface area contributed by atoms with Crippen molar-refractivity contribution in [2.24, 2.45) is 0 Å². The molecule has 0 spiro atoms. The molecule has 0 radical (unpaired) electrons. The van der Waals surface area contributed by atoms with E-state index in [4.69, 9.17) is 4.74 Å².